The molecule has 90 valence electrons. The van der Waals surface area contributed by atoms with Crippen LogP contribution in [0.25, 0.3) is 0 Å². The fourth-order valence-corrected chi connectivity index (χ4v) is 1.64. The Balaban J connectivity index is 2.39. The minimum Gasteiger partial charge on any atom is -0.399 e. The summed E-state index contributed by atoms with van der Waals surface area (Å²) >= 11 is 0. The second kappa shape index (κ2) is 5.77. The first-order chi connectivity index (χ1) is 8.83. The predicted octanol–water partition coefficient (Wildman–Crippen LogP) is 2.92. The van der Waals surface area contributed by atoms with Gasteiger partial charge in [0.1, 0.15) is 7.11 Å². The zero-order chi connectivity index (χ0) is 12.8. The lowest BCUT2D eigenvalue weighted by molar-refractivity contribution is 0.105. The minimum absolute atomic E-state index is 0.149. The van der Waals surface area contributed by atoms with E-state index < -0.39 is 0 Å². The van der Waals surface area contributed by atoms with Gasteiger partial charge in [0.15, 0.2) is 5.71 Å². The molecule has 0 heterocycles. The summed E-state index contributed by atoms with van der Waals surface area (Å²) < 4.78 is 0. The van der Waals surface area contributed by atoms with Crippen molar-refractivity contribution in [2.45, 2.75) is 0 Å². The molecule has 0 amide bonds. The lowest BCUT2D eigenvalue weighted by atomic mass is 10.0. The average molecular weight is 239 g/mol. The first kappa shape index (κ1) is 12.0. The largest absolute Gasteiger partial charge is 0.399 e. The van der Waals surface area contributed by atoms with Gasteiger partial charge in [-0.1, -0.05) is 65.8 Å². The highest BCUT2D eigenvalue weighted by Gasteiger charge is 2.16. The third kappa shape index (κ3) is 2.63. The zero-order valence-corrected chi connectivity index (χ0v) is 10.0. The number of Topliss-reactive ketones (excluding diaryl/α,β-unsaturated/α-hetero) is 1. The average Bonchev–Trinajstić information content (AvgIpc) is 2.46. The van der Waals surface area contributed by atoms with Gasteiger partial charge < -0.3 is 4.84 Å². The molecule has 0 aromatic heterocycles. The molecule has 3 nitrogen and oxygen atoms in total. The fourth-order valence-electron chi connectivity index (χ4n) is 1.64. The van der Waals surface area contributed by atoms with Gasteiger partial charge in [-0.2, -0.15) is 0 Å². The molecule has 3 heteroatoms. The van der Waals surface area contributed by atoms with Crippen molar-refractivity contribution in [3.05, 3.63) is 71.8 Å². The smallest absolute Gasteiger partial charge is 0.215 e. The van der Waals surface area contributed by atoms with Gasteiger partial charge in [0, 0.05) is 11.1 Å². The number of carbonyl (C=O) groups is 1. The minimum atomic E-state index is -0.149. The molecule has 0 saturated heterocycles. The molecular formula is C15H13NO2. The lowest BCUT2D eigenvalue weighted by Crippen LogP contribution is -2.16. The quantitative estimate of drug-likeness (QED) is 0.467. The molecule has 0 saturated carbocycles. The third-order valence-electron chi connectivity index (χ3n) is 2.48. The van der Waals surface area contributed by atoms with Gasteiger partial charge in [0.25, 0.3) is 0 Å². The molecule has 2 rings (SSSR count). The van der Waals surface area contributed by atoms with Crippen molar-refractivity contribution < 1.29 is 9.63 Å². The third-order valence-corrected chi connectivity index (χ3v) is 2.48. The van der Waals surface area contributed by atoms with Crippen LogP contribution < -0.4 is 0 Å². The molecular weight excluding hydrogens is 226 g/mol. The van der Waals surface area contributed by atoms with E-state index in [0.717, 1.165) is 5.56 Å². The van der Waals surface area contributed by atoms with Crippen molar-refractivity contribution in [1.82, 2.24) is 0 Å². The molecule has 0 unspecified atom stereocenters. The van der Waals surface area contributed by atoms with Gasteiger partial charge in [0.2, 0.25) is 5.78 Å². The molecule has 0 bridgehead atoms. The highest BCUT2D eigenvalue weighted by atomic mass is 16.6. The van der Waals surface area contributed by atoms with E-state index in [9.17, 15) is 4.79 Å². The van der Waals surface area contributed by atoms with Gasteiger partial charge in [-0.3, -0.25) is 4.79 Å². The Bertz CT molecular complexity index is 547. The number of carbonyl (C=O) groups excluding carboxylic acids is 1. The van der Waals surface area contributed by atoms with Crippen LogP contribution in [0.5, 0.6) is 0 Å². The second-order valence-corrected chi connectivity index (χ2v) is 3.68. The second-order valence-electron chi connectivity index (χ2n) is 3.68. The van der Waals surface area contributed by atoms with Crippen molar-refractivity contribution in [2.75, 3.05) is 7.11 Å². The van der Waals surface area contributed by atoms with E-state index in [2.05, 4.69) is 5.16 Å². The number of hydrogen-bond acceptors (Lipinski definition) is 3. The molecule has 0 aliphatic carbocycles. The van der Waals surface area contributed by atoms with Crippen LogP contribution in [0.2, 0.25) is 0 Å². The molecule has 0 fully saturated rings. The summed E-state index contributed by atoms with van der Waals surface area (Å²) in [5, 5.41) is 3.84. The molecule has 0 aliphatic heterocycles. The van der Waals surface area contributed by atoms with Gasteiger partial charge in [0.05, 0.1) is 0 Å². The highest BCUT2D eigenvalue weighted by molar-refractivity contribution is 6.51. The van der Waals surface area contributed by atoms with Crippen LogP contribution in [0.4, 0.5) is 0 Å². The van der Waals surface area contributed by atoms with E-state index in [0.29, 0.717) is 11.3 Å². The van der Waals surface area contributed by atoms with Crippen molar-refractivity contribution in [3.8, 4) is 0 Å². The Morgan fingerprint density at radius 1 is 0.889 bits per heavy atom. The van der Waals surface area contributed by atoms with Crippen molar-refractivity contribution >= 4 is 11.5 Å². The highest BCUT2D eigenvalue weighted by Crippen LogP contribution is 2.09. The summed E-state index contributed by atoms with van der Waals surface area (Å²) in [7, 11) is 1.43. The lowest BCUT2D eigenvalue weighted by Gasteiger charge is -2.04. The van der Waals surface area contributed by atoms with Crippen LogP contribution in [-0.4, -0.2) is 18.6 Å². The number of oxime groups is 1. The number of rotatable bonds is 4. The zero-order valence-electron chi connectivity index (χ0n) is 10.0. The Hall–Kier alpha value is -2.42. The summed E-state index contributed by atoms with van der Waals surface area (Å²) in [4.78, 5) is 17.1. The van der Waals surface area contributed by atoms with Gasteiger partial charge >= 0.3 is 0 Å². The molecule has 0 atom stereocenters. The predicted molar refractivity (Wildman–Crippen MR) is 70.8 cm³/mol. The summed E-state index contributed by atoms with van der Waals surface area (Å²) in [6, 6.07) is 18.3. The molecule has 2 aromatic rings. The van der Waals surface area contributed by atoms with Crippen LogP contribution in [0.1, 0.15) is 15.9 Å². The van der Waals surface area contributed by atoms with Crippen LogP contribution >= 0.6 is 0 Å². The Morgan fingerprint density at radius 2 is 1.39 bits per heavy atom. The molecule has 0 spiro atoms. The van der Waals surface area contributed by atoms with Crippen LogP contribution in [0, 0.1) is 0 Å². The standard InChI is InChI=1S/C15H13NO2/c1-18-16-14(12-8-4-2-5-9-12)15(17)13-10-6-3-7-11-13/h2-11H,1H3/b16-14+. The first-order valence-corrected chi connectivity index (χ1v) is 5.59. The molecule has 0 N–H and O–H groups in total. The molecule has 2 aromatic carbocycles. The van der Waals surface area contributed by atoms with Crippen molar-refractivity contribution in [1.29, 1.82) is 0 Å². The van der Waals surface area contributed by atoms with E-state index in [1.54, 1.807) is 12.1 Å². The number of ketones is 1. The summed E-state index contributed by atoms with van der Waals surface area (Å²) in [6.45, 7) is 0. The number of hydrogen-bond donors (Lipinski definition) is 0. The van der Waals surface area contributed by atoms with Crippen molar-refractivity contribution in [2.24, 2.45) is 5.16 Å². The fraction of sp³-hybridized carbons (Fsp3) is 0.0667. The van der Waals surface area contributed by atoms with E-state index in [1.165, 1.54) is 7.11 Å². The van der Waals surface area contributed by atoms with E-state index >= 15 is 0 Å². The Kier molecular flexibility index (Phi) is 3.86. The first-order valence-electron chi connectivity index (χ1n) is 5.59. The molecule has 0 aliphatic rings. The van der Waals surface area contributed by atoms with Crippen LogP contribution in [0.15, 0.2) is 65.8 Å². The summed E-state index contributed by atoms with van der Waals surface area (Å²) in [6.07, 6.45) is 0. The maximum absolute atomic E-state index is 12.3. The van der Waals surface area contributed by atoms with Crippen LogP contribution in [-0.2, 0) is 4.84 Å². The Labute approximate surface area is 106 Å². The number of benzene rings is 2. The monoisotopic (exact) mass is 239 g/mol. The summed E-state index contributed by atoms with van der Waals surface area (Å²) in [5.74, 6) is -0.149. The van der Waals surface area contributed by atoms with Crippen molar-refractivity contribution in [3.63, 3.8) is 0 Å². The Morgan fingerprint density at radius 3 is 1.89 bits per heavy atom. The number of nitrogens with zero attached hydrogens (tertiary/aromatic N) is 1. The van der Waals surface area contributed by atoms with E-state index in [1.807, 2.05) is 48.5 Å². The van der Waals surface area contributed by atoms with Gasteiger partial charge in [-0.25, -0.2) is 0 Å². The SMILES string of the molecule is CO/N=C(/C(=O)c1ccccc1)c1ccccc1. The topological polar surface area (TPSA) is 38.7 Å². The van der Waals surface area contributed by atoms with Gasteiger partial charge in [-0.15, -0.1) is 0 Å². The molecule has 18 heavy (non-hydrogen) atoms. The van der Waals surface area contributed by atoms with E-state index in [-0.39, 0.29) is 5.78 Å². The maximum atomic E-state index is 12.3. The normalized spacial score (nSPS) is 11.1. The van der Waals surface area contributed by atoms with E-state index in [4.69, 9.17) is 4.84 Å². The maximum Gasteiger partial charge on any atom is 0.215 e. The van der Waals surface area contributed by atoms with Gasteiger partial charge in [-0.05, 0) is 0 Å². The molecule has 0 radical (unpaired) electrons. The van der Waals surface area contributed by atoms with Crippen LogP contribution in [0.3, 0.4) is 0 Å². The summed E-state index contributed by atoms with van der Waals surface area (Å²) in [5.41, 5.74) is 1.65.